The standard InChI is InChI=1S/C14H10BrF3N2O/c1-8-12(3-2-6-19-8)20-13(21)9-4-5-11(15)10(7-9)14(16,17)18/h2-7H,1H3,(H,20,21). The summed E-state index contributed by atoms with van der Waals surface area (Å²) in [5, 5.41) is 2.54. The van der Waals surface area contributed by atoms with Crippen molar-refractivity contribution in [2.75, 3.05) is 5.32 Å². The van der Waals surface area contributed by atoms with Crippen molar-refractivity contribution in [2.45, 2.75) is 13.1 Å². The molecule has 110 valence electrons. The van der Waals surface area contributed by atoms with Gasteiger partial charge in [-0.3, -0.25) is 9.78 Å². The monoisotopic (exact) mass is 358 g/mol. The number of hydrogen-bond acceptors (Lipinski definition) is 2. The summed E-state index contributed by atoms with van der Waals surface area (Å²) in [5.41, 5.74) is 0.0739. The molecule has 0 aliphatic heterocycles. The van der Waals surface area contributed by atoms with Crippen LogP contribution in [0.4, 0.5) is 18.9 Å². The van der Waals surface area contributed by atoms with E-state index in [0.29, 0.717) is 11.4 Å². The van der Waals surface area contributed by atoms with Gasteiger partial charge in [-0.2, -0.15) is 13.2 Å². The summed E-state index contributed by atoms with van der Waals surface area (Å²) in [4.78, 5) is 16.0. The molecule has 0 aliphatic rings. The van der Waals surface area contributed by atoms with Gasteiger partial charge in [-0.05, 0) is 37.3 Å². The van der Waals surface area contributed by atoms with Gasteiger partial charge in [0.05, 0.1) is 16.9 Å². The highest BCUT2D eigenvalue weighted by Crippen LogP contribution is 2.35. The van der Waals surface area contributed by atoms with E-state index in [1.807, 2.05) is 0 Å². The molecule has 1 amide bonds. The number of alkyl halides is 3. The highest BCUT2D eigenvalue weighted by Gasteiger charge is 2.33. The lowest BCUT2D eigenvalue weighted by atomic mass is 10.1. The molecule has 0 saturated heterocycles. The van der Waals surface area contributed by atoms with Crippen molar-refractivity contribution < 1.29 is 18.0 Å². The Hall–Kier alpha value is -1.89. The normalized spacial score (nSPS) is 11.3. The molecule has 0 radical (unpaired) electrons. The quantitative estimate of drug-likeness (QED) is 0.862. The summed E-state index contributed by atoms with van der Waals surface area (Å²) in [6, 6.07) is 6.59. The molecule has 3 nitrogen and oxygen atoms in total. The second-order valence-corrected chi connectivity index (χ2v) is 5.14. The lowest BCUT2D eigenvalue weighted by Crippen LogP contribution is -2.15. The summed E-state index contributed by atoms with van der Waals surface area (Å²) in [6.07, 6.45) is -2.97. The number of rotatable bonds is 2. The van der Waals surface area contributed by atoms with Crippen LogP contribution in [0.2, 0.25) is 0 Å². The van der Waals surface area contributed by atoms with Crippen LogP contribution in [-0.4, -0.2) is 10.9 Å². The van der Waals surface area contributed by atoms with Crippen molar-refractivity contribution in [2.24, 2.45) is 0 Å². The highest BCUT2D eigenvalue weighted by molar-refractivity contribution is 9.10. The maximum atomic E-state index is 12.8. The van der Waals surface area contributed by atoms with Crippen molar-refractivity contribution >= 4 is 27.5 Å². The van der Waals surface area contributed by atoms with Crippen LogP contribution < -0.4 is 5.32 Å². The van der Waals surface area contributed by atoms with Gasteiger partial charge in [-0.15, -0.1) is 0 Å². The number of nitrogens with zero attached hydrogens (tertiary/aromatic N) is 1. The number of benzene rings is 1. The molecule has 2 rings (SSSR count). The number of halogens is 4. The number of carbonyl (C=O) groups is 1. The molecule has 1 aromatic heterocycles. The minimum atomic E-state index is -4.53. The van der Waals surface area contributed by atoms with Gasteiger partial charge < -0.3 is 5.32 Å². The van der Waals surface area contributed by atoms with Crippen molar-refractivity contribution in [3.8, 4) is 0 Å². The molecular weight excluding hydrogens is 349 g/mol. The van der Waals surface area contributed by atoms with E-state index in [1.54, 1.807) is 25.3 Å². The Kier molecular flexibility index (Phi) is 4.32. The zero-order valence-electron chi connectivity index (χ0n) is 10.8. The third kappa shape index (κ3) is 3.60. The summed E-state index contributed by atoms with van der Waals surface area (Å²) in [6.45, 7) is 1.69. The summed E-state index contributed by atoms with van der Waals surface area (Å²) in [5.74, 6) is -0.621. The molecule has 0 aliphatic carbocycles. The van der Waals surface area contributed by atoms with Gasteiger partial charge in [-0.25, -0.2) is 0 Å². The van der Waals surface area contributed by atoms with E-state index in [1.165, 1.54) is 12.1 Å². The zero-order chi connectivity index (χ0) is 15.6. The zero-order valence-corrected chi connectivity index (χ0v) is 12.4. The third-order valence-corrected chi connectivity index (χ3v) is 3.48. The molecular formula is C14H10BrF3N2O. The van der Waals surface area contributed by atoms with Gasteiger partial charge in [0.2, 0.25) is 0 Å². The van der Waals surface area contributed by atoms with Gasteiger partial charge in [0.15, 0.2) is 0 Å². The Balaban J connectivity index is 2.31. The number of aromatic nitrogens is 1. The molecule has 7 heteroatoms. The minimum Gasteiger partial charge on any atom is -0.320 e. The fraction of sp³-hybridized carbons (Fsp3) is 0.143. The predicted octanol–water partition coefficient (Wildman–Crippen LogP) is 4.42. The molecule has 21 heavy (non-hydrogen) atoms. The van der Waals surface area contributed by atoms with Crippen molar-refractivity contribution in [3.05, 3.63) is 57.8 Å². The van der Waals surface area contributed by atoms with Gasteiger partial charge in [0.1, 0.15) is 0 Å². The maximum Gasteiger partial charge on any atom is 0.417 e. The molecule has 1 N–H and O–H groups in total. The molecule has 1 aromatic carbocycles. The molecule has 0 unspecified atom stereocenters. The van der Waals surface area contributed by atoms with E-state index >= 15 is 0 Å². The van der Waals surface area contributed by atoms with Crippen LogP contribution >= 0.6 is 15.9 Å². The van der Waals surface area contributed by atoms with Gasteiger partial charge in [0.25, 0.3) is 5.91 Å². The Labute approximate surface area is 127 Å². The molecule has 0 spiro atoms. The van der Waals surface area contributed by atoms with Crippen LogP contribution in [0.3, 0.4) is 0 Å². The Morgan fingerprint density at radius 3 is 2.62 bits per heavy atom. The molecule has 0 saturated carbocycles. The first-order valence-electron chi connectivity index (χ1n) is 5.89. The Morgan fingerprint density at radius 1 is 1.29 bits per heavy atom. The second-order valence-electron chi connectivity index (χ2n) is 4.28. The van der Waals surface area contributed by atoms with E-state index in [0.717, 1.165) is 6.07 Å². The van der Waals surface area contributed by atoms with E-state index in [-0.39, 0.29) is 10.0 Å². The van der Waals surface area contributed by atoms with Gasteiger partial charge >= 0.3 is 6.18 Å². The number of carbonyl (C=O) groups excluding carboxylic acids is 1. The molecule has 0 fully saturated rings. The van der Waals surface area contributed by atoms with Crippen LogP contribution in [0.25, 0.3) is 0 Å². The number of pyridine rings is 1. The van der Waals surface area contributed by atoms with E-state index in [4.69, 9.17) is 0 Å². The van der Waals surface area contributed by atoms with Crippen LogP contribution in [-0.2, 0) is 6.18 Å². The first-order chi connectivity index (χ1) is 9.79. The van der Waals surface area contributed by atoms with Gasteiger partial charge in [-0.1, -0.05) is 15.9 Å². The Morgan fingerprint density at radius 2 is 2.00 bits per heavy atom. The van der Waals surface area contributed by atoms with Crippen molar-refractivity contribution in [1.29, 1.82) is 0 Å². The predicted molar refractivity (Wildman–Crippen MR) is 76.1 cm³/mol. The fourth-order valence-electron chi connectivity index (χ4n) is 1.69. The lowest BCUT2D eigenvalue weighted by molar-refractivity contribution is -0.138. The van der Waals surface area contributed by atoms with Crippen LogP contribution in [0.15, 0.2) is 41.0 Å². The minimum absolute atomic E-state index is 0.0752. The van der Waals surface area contributed by atoms with Crippen LogP contribution in [0.1, 0.15) is 21.6 Å². The van der Waals surface area contributed by atoms with E-state index in [2.05, 4.69) is 26.2 Å². The summed E-state index contributed by atoms with van der Waals surface area (Å²) < 4.78 is 38.3. The second kappa shape index (κ2) is 5.85. The molecule has 2 aromatic rings. The molecule has 1 heterocycles. The highest BCUT2D eigenvalue weighted by atomic mass is 79.9. The third-order valence-electron chi connectivity index (χ3n) is 2.79. The average Bonchev–Trinajstić information content (AvgIpc) is 2.40. The van der Waals surface area contributed by atoms with Crippen LogP contribution in [0, 0.1) is 6.92 Å². The first-order valence-corrected chi connectivity index (χ1v) is 6.68. The topological polar surface area (TPSA) is 42.0 Å². The number of anilines is 1. The molecule has 0 atom stereocenters. The maximum absolute atomic E-state index is 12.8. The van der Waals surface area contributed by atoms with Crippen molar-refractivity contribution in [1.82, 2.24) is 4.98 Å². The smallest absolute Gasteiger partial charge is 0.320 e. The van der Waals surface area contributed by atoms with Crippen LogP contribution in [0.5, 0.6) is 0 Å². The summed E-state index contributed by atoms with van der Waals surface area (Å²) in [7, 11) is 0. The lowest BCUT2D eigenvalue weighted by Gasteiger charge is -2.12. The largest absolute Gasteiger partial charge is 0.417 e. The summed E-state index contributed by atoms with van der Waals surface area (Å²) >= 11 is 2.83. The first kappa shape index (κ1) is 15.5. The van der Waals surface area contributed by atoms with E-state index in [9.17, 15) is 18.0 Å². The van der Waals surface area contributed by atoms with Gasteiger partial charge in [0, 0.05) is 16.2 Å². The SMILES string of the molecule is Cc1ncccc1NC(=O)c1ccc(Br)c(C(F)(F)F)c1. The number of hydrogen-bond donors (Lipinski definition) is 1. The van der Waals surface area contributed by atoms with Crippen molar-refractivity contribution in [3.63, 3.8) is 0 Å². The molecule has 0 bridgehead atoms. The number of aryl methyl sites for hydroxylation is 1. The average molecular weight is 359 g/mol. The van der Waals surface area contributed by atoms with E-state index < -0.39 is 17.6 Å². The number of amides is 1. The number of nitrogens with one attached hydrogen (secondary N) is 1. The fourth-order valence-corrected chi connectivity index (χ4v) is 2.17. The Bertz CT molecular complexity index is 686.